The summed E-state index contributed by atoms with van der Waals surface area (Å²) < 4.78 is 10.9. The van der Waals surface area contributed by atoms with Crippen LogP contribution in [0, 0.1) is 0 Å². The van der Waals surface area contributed by atoms with E-state index >= 15 is 0 Å². The first-order valence-corrected chi connectivity index (χ1v) is 9.76. The number of piperazine rings is 1. The summed E-state index contributed by atoms with van der Waals surface area (Å²) in [7, 11) is 5.48. The molecule has 1 N–H and O–H groups in total. The van der Waals surface area contributed by atoms with Crippen LogP contribution in [0.4, 0.5) is 5.95 Å². The van der Waals surface area contributed by atoms with Gasteiger partial charge in [-0.25, -0.2) is 9.97 Å². The average Bonchev–Trinajstić information content (AvgIpc) is 2.73. The van der Waals surface area contributed by atoms with Gasteiger partial charge in [-0.2, -0.15) is 0 Å². The summed E-state index contributed by atoms with van der Waals surface area (Å²) in [6.07, 6.45) is 2.86. The molecule has 28 heavy (non-hydrogen) atoms. The summed E-state index contributed by atoms with van der Waals surface area (Å²) in [5.41, 5.74) is 2.52. The number of carbonyl (C=O) groups excluding carboxylic acids is 1. The first-order valence-electron chi connectivity index (χ1n) is 9.76. The van der Waals surface area contributed by atoms with Gasteiger partial charge < -0.3 is 19.3 Å². The Kier molecular flexibility index (Phi) is 5.17. The van der Waals surface area contributed by atoms with E-state index in [9.17, 15) is 4.79 Å². The molecule has 0 bridgehead atoms. The molecular weight excluding hydrogens is 356 g/mol. The zero-order valence-electron chi connectivity index (χ0n) is 16.7. The predicted octanol–water partition coefficient (Wildman–Crippen LogP) is 0.741. The number of nitrogens with one attached hydrogen (secondary N) is 1. The van der Waals surface area contributed by atoms with Crippen molar-refractivity contribution in [3.8, 4) is 11.5 Å². The van der Waals surface area contributed by atoms with Crippen molar-refractivity contribution in [2.45, 2.75) is 18.8 Å². The second kappa shape index (κ2) is 7.75. The van der Waals surface area contributed by atoms with Crippen LogP contribution in [0.5, 0.6) is 11.5 Å². The number of Topliss-reactive ketones (excluding diaryl/α,β-unsaturated/α-hetero) is 1. The quantitative estimate of drug-likeness (QED) is 0.840. The summed E-state index contributed by atoms with van der Waals surface area (Å²) in [5, 5.41) is 0. The van der Waals surface area contributed by atoms with Gasteiger partial charge in [-0.1, -0.05) is 6.07 Å². The molecule has 0 amide bonds. The lowest BCUT2D eigenvalue weighted by atomic mass is 9.82. The van der Waals surface area contributed by atoms with Crippen LogP contribution in [0.1, 0.15) is 34.0 Å². The number of likely N-dealkylation sites (N-methyl/N-ethyl adjacent to an activating group) is 1. The number of nitrogens with zero attached hydrogens (tertiary/aromatic N) is 3. The smallest absolute Gasteiger partial charge is 0.225 e. The van der Waals surface area contributed by atoms with Crippen LogP contribution < -0.4 is 19.3 Å². The Labute approximate surface area is 165 Å². The number of fused-ring (bicyclic) bond motifs is 1. The SMILES string of the molecule is COc1ccc([C@@H]2CC(=O)c3cnc(N4CC[NH+](C)CC4)nc3C2)c(OC)c1. The fourth-order valence-electron chi connectivity index (χ4n) is 4.05. The third-order valence-corrected chi connectivity index (χ3v) is 5.81. The van der Waals surface area contributed by atoms with Crippen LogP contribution in [0.2, 0.25) is 0 Å². The maximum absolute atomic E-state index is 12.8. The van der Waals surface area contributed by atoms with Crippen LogP contribution in [0.15, 0.2) is 24.4 Å². The number of ketones is 1. The zero-order valence-corrected chi connectivity index (χ0v) is 16.7. The highest BCUT2D eigenvalue weighted by molar-refractivity contribution is 5.98. The fourth-order valence-corrected chi connectivity index (χ4v) is 4.05. The molecule has 0 radical (unpaired) electrons. The number of methoxy groups -OCH3 is 2. The van der Waals surface area contributed by atoms with Crippen molar-refractivity contribution in [1.29, 1.82) is 0 Å². The minimum Gasteiger partial charge on any atom is -0.497 e. The molecule has 7 heteroatoms. The van der Waals surface area contributed by atoms with E-state index in [0.29, 0.717) is 18.4 Å². The Morgan fingerprint density at radius 3 is 2.64 bits per heavy atom. The number of rotatable bonds is 4. The van der Waals surface area contributed by atoms with E-state index in [4.69, 9.17) is 14.5 Å². The summed E-state index contributed by atoms with van der Waals surface area (Å²) in [5.74, 6) is 2.36. The van der Waals surface area contributed by atoms with Crippen molar-refractivity contribution in [2.75, 3.05) is 52.3 Å². The number of anilines is 1. The van der Waals surface area contributed by atoms with Gasteiger partial charge in [0.1, 0.15) is 11.5 Å². The van der Waals surface area contributed by atoms with E-state index in [-0.39, 0.29) is 11.7 Å². The Hall–Kier alpha value is -2.67. The Morgan fingerprint density at radius 2 is 1.93 bits per heavy atom. The lowest BCUT2D eigenvalue weighted by Gasteiger charge is -2.31. The van der Waals surface area contributed by atoms with E-state index in [0.717, 1.165) is 54.9 Å². The predicted molar refractivity (Wildman–Crippen MR) is 106 cm³/mol. The van der Waals surface area contributed by atoms with Crippen molar-refractivity contribution in [2.24, 2.45) is 0 Å². The van der Waals surface area contributed by atoms with Gasteiger partial charge in [0, 0.05) is 24.6 Å². The number of hydrogen-bond donors (Lipinski definition) is 1. The van der Waals surface area contributed by atoms with Gasteiger partial charge in [0.2, 0.25) is 5.95 Å². The van der Waals surface area contributed by atoms with Gasteiger partial charge >= 0.3 is 0 Å². The molecule has 1 atom stereocenters. The molecule has 2 heterocycles. The standard InChI is InChI=1S/C21H26N4O3/c1-24-6-8-25(9-7-24)21-22-13-17-18(23-21)10-14(11-19(17)26)16-5-4-15(27-2)12-20(16)28-3/h4-5,12-14H,6-11H2,1-3H3/p+1/t14-/m0/s1. The normalized spacial score (nSPS) is 20.0. The lowest BCUT2D eigenvalue weighted by molar-refractivity contribution is -0.880. The van der Waals surface area contributed by atoms with E-state index in [2.05, 4.69) is 16.9 Å². The number of benzene rings is 1. The van der Waals surface area contributed by atoms with Crippen molar-refractivity contribution in [1.82, 2.24) is 9.97 Å². The molecule has 0 saturated carbocycles. The minimum atomic E-state index is 0.0422. The van der Waals surface area contributed by atoms with Crippen molar-refractivity contribution in [3.05, 3.63) is 41.2 Å². The first kappa shape index (κ1) is 18.7. The highest BCUT2D eigenvalue weighted by atomic mass is 16.5. The molecular formula is C21H27N4O3+. The number of ether oxygens (including phenoxy) is 2. The summed E-state index contributed by atoms with van der Waals surface area (Å²) in [4.78, 5) is 25.8. The second-order valence-electron chi connectivity index (χ2n) is 7.61. The molecule has 148 valence electrons. The third-order valence-electron chi connectivity index (χ3n) is 5.81. The first-order chi connectivity index (χ1) is 13.6. The van der Waals surface area contributed by atoms with Crippen LogP contribution >= 0.6 is 0 Å². The third kappa shape index (κ3) is 3.54. The van der Waals surface area contributed by atoms with Crippen LogP contribution in [0.3, 0.4) is 0 Å². The van der Waals surface area contributed by atoms with E-state index in [1.165, 1.54) is 4.90 Å². The van der Waals surface area contributed by atoms with Crippen molar-refractivity contribution >= 4 is 11.7 Å². The van der Waals surface area contributed by atoms with Gasteiger partial charge in [0.25, 0.3) is 0 Å². The molecule has 1 aliphatic carbocycles. The zero-order chi connectivity index (χ0) is 19.7. The Bertz CT molecular complexity index is 878. The van der Waals surface area contributed by atoms with Crippen LogP contribution in [-0.2, 0) is 6.42 Å². The number of hydrogen-bond acceptors (Lipinski definition) is 6. The van der Waals surface area contributed by atoms with Gasteiger partial charge in [-0.05, 0) is 18.1 Å². The maximum atomic E-state index is 12.8. The second-order valence-corrected chi connectivity index (χ2v) is 7.61. The van der Waals surface area contributed by atoms with Crippen molar-refractivity contribution in [3.63, 3.8) is 0 Å². The van der Waals surface area contributed by atoms with Gasteiger partial charge in [0.05, 0.1) is 58.7 Å². The Balaban J connectivity index is 1.62. The Morgan fingerprint density at radius 1 is 1.14 bits per heavy atom. The summed E-state index contributed by atoms with van der Waals surface area (Å²) in [6.45, 7) is 4.03. The molecule has 1 aliphatic heterocycles. The fraction of sp³-hybridized carbons (Fsp3) is 0.476. The molecule has 2 aliphatic rings. The molecule has 1 saturated heterocycles. The van der Waals surface area contributed by atoms with Crippen LogP contribution in [0.25, 0.3) is 0 Å². The van der Waals surface area contributed by atoms with Crippen molar-refractivity contribution < 1.29 is 19.2 Å². The average molecular weight is 383 g/mol. The number of quaternary nitrogens is 1. The van der Waals surface area contributed by atoms with Gasteiger partial charge in [-0.3, -0.25) is 4.79 Å². The molecule has 4 rings (SSSR count). The summed E-state index contributed by atoms with van der Waals surface area (Å²) >= 11 is 0. The molecule has 1 aromatic heterocycles. The number of carbonyl (C=O) groups is 1. The largest absolute Gasteiger partial charge is 0.497 e. The molecule has 2 aromatic rings. The molecule has 0 unspecified atom stereocenters. The van der Waals surface area contributed by atoms with E-state index < -0.39 is 0 Å². The lowest BCUT2D eigenvalue weighted by Crippen LogP contribution is -3.12. The molecule has 0 spiro atoms. The maximum Gasteiger partial charge on any atom is 0.225 e. The van der Waals surface area contributed by atoms with E-state index in [1.807, 2.05) is 18.2 Å². The highest BCUT2D eigenvalue weighted by Crippen LogP contribution is 2.38. The monoisotopic (exact) mass is 383 g/mol. The molecule has 1 fully saturated rings. The minimum absolute atomic E-state index is 0.0422. The summed E-state index contributed by atoms with van der Waals surface area (Å²) in [6, 6.07) is 5.77. The van der Waals surface area contributed by atoms with Gasteiger partial charge in [-0.15, -0.1) is 0 Å². The van der Waals surface area contributed by atoms with Gasteiger partial charge in [0.15, 0.2) is 5.78 Å². The highest BCUT2D eigenvalue weighted by Gasteiger charge is 2.31. The topological polar surface area (TPSA) is 69.0 Å². The number of aromatic nitrogens is 2. The van der Waals surface area contributed by atoms with Crippen LogP contribution in [-0.4, -0.2) is 63.2 Å². The van der Waals surface area contributed by atoms with E-state index in [1.54, 1.807) is 20.4 Å². The molecule has 7 nitrogen and oxygen atoms in total. The molecule has 1 aromatic carbocycles.